The minimum Gasteiger partial charge on any atom is -0.489 e. The SMILES string of the molecule is COC(=O)c1cccc2c1OCCN2C(=O)c1ccc(C)c(C#N)c1. The number of fused-ring (bicyclic) bond motifs is 1. The number of methoxy groups -OCH3 is 1. The van der Waals surface area contributed by atoms with Gasteiger partial charge in [-0.1, -0.05) is 12.1 Å². The lowest BCUT2D eigenvalue weighted by Gasteiger charge is -2.30. The van der Waals surface area contributed by atoms with Crippen molar-refractivity contribution in [2.24, 2.45) is 0 Å². The zero-order valence-corrected chi connectivity index (χ0v) is 13.9. The van der Waals surface area contributed by atoms with E-state index in [0.29, 0.717) is 29.1 Å². The van der Waals surface area contributed by atoms with Crippen molar-refractivity contribution in [2.75, 3.05) is 25.2 Å². The Morgan fingerprint density at radius 2 is 2.08 bits per heavy atom. The largest absolute Gasteiger partial charge is 0.489 e. The van der Waals surface area contributed by atoms with Gasteiger partial charge in [0, 0.05) is 5.56 Å². The van der Waals surface area contributed by atoms with Crippen LogP contribution < -0.4 is 9.64 Å². The Hall–Kier alpha value is -3.33. The summed E-state index contributed by atoms with van der Waals surface area (Å²) in [6.07, 6.45) is 0. The Bertz CT molecular complexity index is 899. The molecule has 2 aromatic rings. The Kier molecular flexibility index (Phi) is 4.40. The third-order valence-corrected chi connectivity index (χ3v) is 4.10. The topological polar surface area (TPSA) is 79.6 Å². The number of hydrogen-bond acceptors (Lipinski definition) is 5. The normalized spacial score (nSPS) is 12.6. The minimum absolute atomic E-state index is 0.247. The first-order valence-corrected chi connectivity index (χ1v) is 7.73. The highest BCUT2D eigenvalue weighted by molar-refractivity contribution is 6.08. The maximum absolute atomic E-state index is 12.9. The second-order valence-corrected chi connectivity index (χ2v) is 5.59. The summed E-state index contributed by atoms with van der Waals surface area (Å²) in [7, 11) is 1.29. The lowest BCUT2D eigenvalue weighted by Crippen LogP contribution is -2.38. The van der Waals surface area contributed by atoms with Crippen molar-refractivity contribution in [3.63, 3.8) is 0 Å². The number of carbonyl (C=O) groups is 2. The Labute approximate surface area is 145 Å². The van der Waals surface area contributed by atoms with Gasteiger partial charge in [-0.25, -0.2) is 4.79 Å². The summed E-state index contributed by atoms with van der Waals surface area (Å²) in [5.41, 5.74) is 2.48. The average molecular weight is 336 g/mol. The van der Waals surface area contributed by atoms with E-state index in [2.05, 4.69) is 6.07 Å². The van der Waals surface area contributed by atoms with Crippen LogP contribution in [0.4, 0.5) is 5.69 Å². The molecule has 6 heteroatoms. The molecule has 0 fully saturated rings. The van der Waals surface area contributed by atoms with Crippen molar-refractivity contribution >= 4 is 17.6 Å². The summed E-state index contributed by atoms with van der Waals surface area (Å²) in [6, 6.07) is 12.1. The van der Waals surface area contributed by atoms with Crippen LogP contribution in [0.25, 0.3) is 0 Å². The standard InChI is InChI=1S/C19H16N2O4/c1-12-6-7-13(10-14(12)11-20)18(22)21-8-9-25-17-15(19(23)24-2)4-3-5-16(17)21/h3-7,10H,8-9H2,1-2H3. The van der Waals surface area contributed by atoms with Gasteiger partial charge in [0.15, 0.2) is 5.75 Å². The molecule has 6 nitrogen and oxygen atoms in total. The lowest BCUT2D eigenvalue weighted by molar-refractivity contribution is 0.0595. The summed E-state index contributed by atoms with van der Waals surface area (Å²) in [5.74, 6) is -0.433. The van der Waals surface area contributed by atoms with Crippen molar-refractivity contribution in [1.29, 1.82) is 5.26 Å². The number of aryl methyl sites for hydroxylation is 1. The van der Waals surface area contributed by atoms with Crippen LogP contribution in [0, 0.1) is 18.3 Å². The molecule has 0 N–H and O–H groups in total. The molecule has 0 radical (unpaired) electrons. The van der Waals surface area contributed by atoms with E-state index < -0.39 is 5.97 Å². The molecule has 0 aromatic heterocycles. The van der Waals surface area contributed by atoms with Crippen LogP contribution in [-0.4, -0.2) is 32.1 Å². The van der Waals surface area contributed by atoms with Gasteiger partial charge < -0.3 is 14.4 Å². The van der Waals surface area contributed by atoms with E-state index in [1.54, 1.807) is 41.3 Å². The second kappa shape index (κ2) is 6.65. The second-order valence-electron chi connectivity index (χ2n) is 5.59. The Morgan fingerprint density at radius 3 is 2.80 bits per heavy atom. The van der Waals surface area contributed by atoms with Gasteiger partial charge in [0.1, 0.15) is 12.2 Å². The fourth-order valence-corrected chi connectivity index (χ4v) is 2.76. The molecule has 0 aliphatic carbocycles. The number of nitrogens with zero attached hydrogens (tertiary/aromatic N) is 2. The fraction of sp³-hybridized carbons (Fsp3) is 0.211. The molecular weight excluding hydrogens is 320 g/mol. The molecule has 0 saturated carbocycles. The van der Waals surface area contributed by atoms with Gasteiger partial charge in [-0.15, -0.1) is 0 Å². The van der Waals surface area contributed by atoms with Crippen LogP contribution >= 0.6 is 0 Å². The first-order valence-electron chi connectivity index (χ1n) is 7.73. The number of rotatable bonds is 2. The molecule has 25 heavy (non-hydrogen) atoms. The summed E-state index contributed by atoms with van der Waals surface area (Å²) in [6.45, 7) is 2.44. The molecule has 1 aliphatic rings. The predicted octanol–water partition coefficient (Wildman–Crippen LogP) is 2.69. The molecule has 1 heterocycles. The summed E-state index contributed by atoms with van der Waals surface area (Å²) in [4.78, 5) is 26.4. The quantitative estimate of drug-likeness (QED) is 0.788. The highest BCUT2D eigenvalue weighted by atomic mass is 16.5. The van der Waals surface area contributed by atoms with Gasteiger partial charge in [0.05, 0.1) is 31.0 Å². The molecule has 126 valence electrons. The Balaban J connectivity index is 2.03. The summed E-state index contributed by atoms with van der Waals surface area (Å²) in [5, 5.41) is 9.17. The zero-order valence-electron chi connectivity index (χ0n) is 13.9. The van der Waals surface area contributed by atoms with Crippen LogP contribution in [0.2, 0.25) is 0 Å². The number of hydrogen-bond donors (Lipinski definition) is 0. The van der Waals surface area contributed by atoms with Gasteiger partial charge in [0.2, 0.25) is 0 Å². The number of para-hydroxylation sites is 1. The van der Waals surface area contributed by atoms with Gasteiger partial charge in [-0.2, -0.15) is 5.26 Å². The molecule has 1 aliphatic heterocycles. The maximum atomic E-state index is 12.9. The maximum Gasteiger partial charge on any atom is 0.341 e. The van der Waals surface area contributed by atoms with E-state index in [-0.39, 0.29) is 18.1 Å². The first-order chi connectivity index (χ1) is 12.1. The average Bonchev–Trinajstić information content (AvgIpc) is 2.66. The highest BCUT2D eigenvalue weighted by Crippen LogP contribution is 2.36. The summed E-state index contributed by atoms with van der Waals surface area (Å²) >= 11 is 0. The van der Waals surface area contributed by atoms with E-state index in [9.17, 15) is 14.9 Å². The number of esters is 1. The molecule has 2 aromatic carbocycles. The van der Waals surface area contributed by atoms with Gasteiger partial charge in [-0.05, 0) is 36.8 Å². The molecule has 3 rings (SSSR count). The number of anilines is 1. The van der Waals surface area contributed by atoms with E-state index in [0.717, 1.165) is 5.56 Å². The van der Waals surface area contributed by atoms with Gasteiger partial charge in [0.25, 0.3) is 5.91 Å². The number of benzene rings is 2. The number of ether oxygens (including phenoxy) is 2. The van der Waals surface area contributed by atoms with Gasteiger partial charge >= 0.3 is 5.97 Å². The first kappa shape index (κ1) is 16.5. The number of carbonyl (C=O) groups excluding carboxylic acids is 2. The molecular formula is C19H16N2O4. The van der Waals surface area contributed by atoms with Crippen molar-refractivity contribution in [2.45, 2.75) is 6.92 Å². The zero-order chi connectivity index (χ0) is 18.0. The fourth-order valence-electron chi connectivity index (χ4n) is 2.76. The van der Waals surface area contributed by atoms with Crippen LogP contribution in [0.1, 0.15) is 31.8 Å². The van der Waals surface area contributed by atoms with Crippen LogP contribution in [-0.2, 0) is 4.74 Å². The monoisotopic (exact) mass is 336 g/mol. The molecule has 0 unspecified atom stereocenters. The third kappa shape index (κ3) is 2.92. The predicted molar refractivity (Wildman–Crippen MR) is 90.8 cm³/mol. The van der Waals surface area contributed by atoms with Crippen LogP contribution in [0.15, 0.2) is 36.4 Å². The smallest absolute Gasteiger partial charge is 0.341 e. The van der Waals surface area contributed by atoms with Gasteiger partial charge in [-0.3, -0.25) is 4.79 Å². The molecule has 0 bridgehead atoms. The Morgan fingerprint density at radius 1 is 1.28 bits per heavy atom. The van der Waals surface area contributed by atoms with Crippen molar-refractivity contribution in [1.82, 2.24) is 0 Å². The molecule has 0 spiro atoms. The van der Waals surface area contributed by atoms with Crippen LogP contribution in [0.5, 0.6) is 5.75 Å². The molecule has 0 saturated heterocycles. The van der Waals surface area contributed by atoms with Crippen molar-refractivity contribution < 1.29 is 19.1 Å². The van der Waals surface area contributed by atoms with E-state index in [4.69, 9.17) is 9.47 Å². The van der Waals surface area contributed by atoms with Crippen molar-refractivity contribution in [3.8, 4) is 11.8 Å². The minimum atomic E-state index is -0.520. The highest BCUT2D eigenvalue weighted by Gasteiger charge is 2.28. The van der Waals surface area contributed by atoms with E-state index >= 15 is 0 Å². The van der Waals surface area contributed by atoms with Crippen LogP contribution in [0.3, 0.4) is 0 Å². The molecule has 0 atom stereocenters. The lowest BCUT2D eigenvalue weighted by atomic mass is 10.0. The summed E-state index contributed by atoms with van der Waals surface area (Å²) < 4.78 is 10.4. The third-order valence-electron chi connectivity index (χ3n) is 4.10. The van der Waals surface area contributed by atoms with E-state index in [1.807, 2.05) is 6.92 Å². The number of amides is 1. The van der Waals surface area contributed by atoms with E-state index in [1.165, 1.54) is 7.11 Å². The number of nitriles is 1. The van der Waals surface area contributed by atoms with Crippen molar-refractivity contribution in [3.05, 3.63) is 58.7 Å². The molecule has 1 amide bonds.